The molecule has 0 fully saturated rings. The number of hydrogen-bond donors (Lipinski definition) is 3. The maximum atomic E-state index is 13.1. The SMILES string of the molecule is CC/C=C\C/C=C\C/C=C\CCCCCCCCCC(=O)OCC(COP(=O)(O)OCC(O)COP(=O)(O)OCC(COC(=O)CCCCCCCC/C=C\C/C=C\C/C=C\CCCCC)OC(=O)CCCCCCC/C=C\CCCC)OC(=O)CCCCCCC/C=C\CCCCCCCC. The van der Waals surface area contributed by atoms with Crippen LogP contribution in [0.15, 0.2) is 97.2 Å². The minimum atomic E-state index is -4.98. The number of esters is 4. The molecular weight excluding hydrogens is 1330 g/mol. The lowest BCUT2D eigenvalue weighted by molar-refractivity contribution is -0.161. The van der Waals surface area contributed by atoms with Crippen LogP contribution in [0.2, 0.25) is 0 Å². The van der Waals surface area contributed by atoms with E-state index in [4.69, 9.17) is 37.0 Å². The number of aliphatic hydroxyl groups is 1. The molecule has 0 radical (unpaired) electrons. The molecule has 0 aliphatic carbocycles. The number of carbonyl (C=O) groups is 4. The monoisotopic (exact) mass is 1480 g/mol. The van der Waals surface area contributed by atoms with Gasteiger partial charge in [0.15, 0.2) is 12.2 Å². The first-order valence-electron chi connectivity index (χ1n) is 40.5. The third kappa shape index (κ3) is 74.3. The van der Waals surface area contributed by atoms with Crippen LogP contribution in [0.4, 0.5) is 0 Å². The van der Waals surface area contributed by atoms with Crippen molar-refractivity contribution < 1.29 is 80.2 Å². The van der Waals surface area contributed by atoms with Crippen molar-refractivity contribution in [2.24, 2.45) is 0 Å². The fourth-order valence-electron chi connectivity index (χ4n) is 10.8. The van der Waals surface area contributed by atoms with Crippen molar-refractivity contribution in [2.45, 2.75) is 367 Å². The predicted molar refractivity (Wildman–Crippen MR) is 418 cm³/mol. The maximum Gasteiger partial charge on any atom is 0.472 e. The summed E-state index contributed by atoms with van der Waals surface area (Å²) in [7, 11) is -9.96. The van der Waals surface area contributed by atoms with Crippen LogP contribution in [0, 0.1) is 0 Å². The molecule has 0 aromatic heterocycles. The van der Waals surface area contributed by atoms with Gasteiger partial charge in [0.1, 0.15) is 19.3 Å². The highest BCUT2D eigenvalue weighted by molar-refractivity contribution is 7.47. The second-order valence-electron chi connectivity index (χ2n) is 27.0. The van der Waals surface area contributed by atoms with Gasteiger partial charge >= 0.3 is 39.5 Å². The largest absolute Gasteiger partial charge is 0.472 e. The molecule has 590 valence electrons. The average Bonchev–Trinajstić information content (AvgIpc) is 0.944. The highest BCUT2D eigenvalue weighted by atomic mass is 31.2. The van der Waals surface area contributed by atoms with Gasteiger partial charge in [0, 0.05) is 25.7 Å². The predicted octanol–water partition coefficient (Wildman–Crippen LogP) is 23.6. The van der Waals surface area contributed by atoms with Crippen molar-refractivity contribution in [3.05, 3.63) is 97.2 Å². The molecule has 0 spiro atoms. The molecule has 0 aliphatic rings. The molecule has 0 bridgehead atoms. The molecule has 102 heavy (non-hydrogen) atoms. The van der Waals surface area contributed by atoms with E-state index < -0.39 is 97.5 Å². The number of aliphatic hydroxyl groups excluding tert-OH is 1. The van der Waals surface area contributed by atoms with Gasteiger partial charge in [0.05, 0.1) is 26.4 Å². The Morgan fingerprint density at radius 2 is 0.520 bits per heavy atom. The minimum Gasteiger partial charge on any atom is -0.462 e. The molecule has 0 saturated carbocycles. The van der Waals surface area contributed by atoms with Crippen molar-refractivity contribution >= 4 is 39.5 Å². The standard InChI is InChI=1S/C83H146O17P2/c1-5-9-13-17-21-25-29-32-35-37-38-40-43-45-49-52-56-60-64-68-80(85)93-73-78(99-82(87)69-65-61-57-53-47-28-24-20-16-12-8-4)75-97-101(89,90)95-71-77(84)72-96-102(91,92)98-76-79(100-83(88)70-66-62-58-54-50-46-41-34-31-27-23-19-15-11-7-3)74-94-81(86)67-63-59-55-51-48-44-42-39-36-33-30-26-22-18-14-10-6-2/h10,14,20-22,24-26,32-36,38,40-41,77-79,84H,5-9,11-13,15-19,23,27-31,37,39,42-76H2,1-4H3,(H,89,90)(H,91,92)/b14-10-,24-20-,25-21-,26-22-,35-32-,36-33-,40-38-,41-34-. The molecule has 0 aliphatic heterocycles. The fraction of sp³-hybridized carbons (Fsp3) is 0.759. The summed E-state index contributed by atoms with van der Waals surface area (Å²) in [6, 6.07) is 0. The van der Waals surface area contributed by atoms with E-state index in [0.717, 1.165) is 199 Å². The Bertz CT molecular complexity index is 2310. The van der Waals surface area contributed by atoms with Crippen molar-refractivity contribution in [3.63, 3.8) is 0 Å². The number of rotatable bonds is 76. The number of hydrogen-bond acceptors (Lipinski definition) is 15. The molecule has 0 aromatic rings. The fourth-order valence-corrected chi connectivity index (χ4v) is 12.4. The zero-order chi connectivity index (χ0) is 74.6. The second-order valence-corrected chi connectivity index (χ2v) is 29.9. The van der Waals surface area contributed by atoms with Gasteiger partial charge in [-0.05, 0) is 141 Å². The molecule has 3 N–H and O–H groups in total. The molecular formula is C83H146O17P2. The number of ether oxygens (including phenoxy) is 4. The normalized spacial score (nSPS) is 14.4. The van der Waals surface area contributed by atoms with Crippen molar-refractivity contribution in [1.29, 1.82) is 0 Å². The molecule has 5 atom stereocenters. The Kier molecular flexibility index (Phi) is 72.3. The Balaban J connectivity index is 5.32. The van der Waals surface area contributed by atoms with Crippen molar-refractivity contribution in [2.75, 3.05) is 39.6 Å². The lowest BCUT2D eigenvalue weighted by Gasteiger charge is -2.21. The summed E-state index contributed by atoms with van der Waals surface area (Å²) in [4.78, 5) is 73.0. The smallest absolute Gasteiger partial charge is 0.462 e. The number of unbranched alkanes of at least 4 members (excludes halogenated alkanes) is 34. The van der Waals surface area contributed by atoms with Crippen LogP contribution < -0.4 is 0 Å². The van der Waals surface area contributed by atoms with Crippen molar-refractivity contribution in [1.82, 2.24) is 0 Å². The van der Waals surface area contributed by atoms with Crippen LogP contribution in [-0.2, 0) is 65.4 Å². The van der Waals surface area contributed by atoms with E-state index in [1.165, 1.54) is 70.6 Å². The van der Waals surface area contributed by atoms with Gasteiger partial charge in [-0.3, -0.25) is 37.3 Å². The third-order valence-electron chi connectivity index (χ3n) is 17.0. The Morgan fingerprint density at radius 3 is 0.843 bits per heavy atom. The van der Waals surface area contributed by atoms with Crippen LogP contribution in [-0.4, -0.2) is 96.7 Å². The first kappa shape index (κ1) is 98.0. The zero-order valence-corrected chi connectivity index (χ0v) is 66.3. The van der Waals surface area contributed by atoms with E-state index in [2.05, 4.69) is 125 Å². The molecule has 17 nitrogen and oxygen atoms in total. The van der Waals surface area contributed by atoms with Crippen LogP contribution in [0.25, 0.3) is 0 Å². The van der Waals surface area contributed by atoms with Gasteiger partial charge in [0.25, 0.3) is 0 Å². The first-order chi connectivity index (χ1) is 49.7. The minimum absolute atomic E-state index is 0.0818. The van der Waals surface area contributed by atoms with Gasteiger partial charge in [-0.25, -0.2) is 9.13 Å². The van der Waals surface area contributed by atoms with Crippen LogP contribution in [0.5, 0.6) is 0 Å². The van der Waals surface area contributed by atoms with Crippen molar-refractivity contribution in [3.8, 4) is 0 Å². The van der Waals surface area contributed by atoms with E-state index in [0.29, 0.717) is 25.7 Å². The molecule has 0 aromatic carbocycles. The summed E-state index contributed by atoms with van der Waals surface area (Å²) in [6.45, 7) is 4.69. The lowest BCUT2D eigenvalue weighted by Crippen LogP contribution is -2.30. The summed E-state index contributed by atoms with van der Waals surface area (Å²) in [5.74, 6) is -2.20. The van der Waals surface area contributed by atoms with Gasteiger partial charge in [-0.2, -0.15) is 0 Å². The molecule has 19 heteroatoms. The van der Waals surface area contributed by atoms with E-state index >= 15 is 0 Å². The number of phosphoric ester groups is 2. The number of phosphoric acid groups is 2. The highest BCUT2D eigenvalue weighted by Gasteiger charge is 2.30. The van der Waals surface area contributed by atoms with E-state index in [1.54, 1.807) is 0 Å². The van der Waals surface area contributed by atoms with Gasteiger partial charge < -0.3 is 33.8 Å². The Hall–Kier alpha value is -4.02. The maximum absolute atomic E-state index is 13.1. The van der Waals surface area contributed by atoms with Gasteiger partial charge in [-0.15, -0.1) is 0 Å². The van der Waals surface area contributed by atoms with E-state index in [1.807, 2.05) is 0 Å². The number of carbonyl (C=O) groups excluding carboxylic acids is 4. The lowest BCUT2D eigenvalue weighted by atomic mass is 10.1. The molecule has 0 rings (SSSR count). The zero-order valence-electron chi connectivity index (χ0n) is 64.5. The van der Waals surface area contributed by atoms with E-state index in [-0.39, 0.29) is 25.7 Å². The summed E-state index contributed by atoms with van der Waals surface area (Å²) in [6.07, 6.45) is 79.5. The summed E-state index contributed by atoms with van der Waals surface area (Å²) >= 11 is 0. The van der Waals surface area contributed by atoms with Gasteiger partial charge in [0.2, 0.25) is 0 Å². The molecule has 0 saturated heterocycles. The third-order valence-corrected chi connectivity index (χ3v) is 18.9. The molecule has 0 heterocycles. The quantitative estimate of drug-likeness (QED) is 0.0169. The first-order valence-corrected chi connectivity index (χ1v) is 43.5. The topological polar surface area (TPSA) is 237 Å². The van der Waals surface area contributed by atoms with Crippen LogP contribution in [0.3, 0.4) is 0 Å². The average molecular weight is 1480 g/mol. The van der Waals surface area contributed by atoms with Gasteiger partial charge in [-0.1, -0.05) is 279 Å². The summed E-state index contributed by atoms with van der Waals surface area (Å²) < 4.78 is 68.6. The molecule has 5 unspecified atom stereocenters. The van der Waals surface area contributed by atoms with Crippen LogP contribution in [0.1, 0.15) is 349 Å². The highest BCUT2D eigenvalue weighted by Crippen LogP contribution is 2.45. The summed E-state index contributed by atoms with van der Waals surface area (Å²) in [5, 5.41) is 10.6. The summed E-state index contributed by atoms with van der Waals surface area (Å²) in [5.41, 5.74) is 0. The van der Waals surface area contributed by atoms with Crippen LogP contribution >= 0.6 is 15.6 Å². The second kappa shape index (κ2) is 75.2. The number of allylic oxidation sites excluding steroid dienone is 16. The Labute approximate surface area is 620 Å². The Morgan fingerprint density at radius 1 is 0.284 bits per heavy atom. The molecule has 0 amide bonds. The van der Waals surface area contributed by atoms with E-state index in [9.17, 15) is 43.2 Å².